The van der Waals surface area contributed by atoms with E-state index in [0.717, 1.165) is 6.42 Å². The normalized spacial score (nSPS) is 18.5. The van der Waals surface area contributed by atoms with Crippen molar-refractivity contribution in [2.75, 3.05) is 0 Å². The number of allylic oxidation sites excluding steroid dienone is 4. The monoisotopic (exact) mass is 220 g/mol. The molecular formula is C16H28. The maximum absolute atomic E-state index is 2.39. The van der Waals surface area contributed by atoms with Gasteiger partial charge in [-0.1, -0.05) is 73.1 Å². The minimum Gasteiger partial charge on any atom is -0.0801 e. The van der Waals surface area contributed by atoms with Crippen LogP contribution in [0.5, 0.6) is 0 Å². The second-order valence-corrected chi connectivity index (χ2v) is 7.62. The molecule has 1 rings (SSSR count). The van der Waals surface area contributed by atoms with Gasteiger partial charge in [0, 0.05) is 0 Å². The molecule has 0 saturated heterocycles. The van der Waals surface area contributed by atoms with Crippen LogP contribution in [0.3, 0.4) is 0 Å². The minimum absolute atomic E-state index is 0.263. The minimum atomic E-state index is 0.263. The third-order valence-corrected chi connectivity index (χ3v) is 4.37. The van der Waals surface area contributed by atoms with Crippen molar-refractivity contribution in [3.8, 4) is 0 Å². The van der Waals surface area contributed by atoms with Crippen LogP contribution in [-0.4, -0.2) is 0 Å². The summed E-state index contributed by atoms with van der Waals surface area (Å²) in [6.45, 7) is 18.8. The predicted octanol–water partition coefficient (Wildman–Crippen LogP) is 5.36. The molecule has 0 nitrogen and oxygen atoms in total. The predicted molar refractivity (Wildman–Crippen MR) is 73.5 cm³/mol. The van der Waals surface area contributed by atoms with Crippen molar-refractivity contribution in [2.45, 2.75) is 61.8 Å². The van der Waals surface area contributed by atoms with E-state index in [2.05, 4.69) is 67.5 Å². The van der Waals surface area contributed by atoms with Crippen molar-refractivity contribution < 1.29 is 0 Å². The maximum atomic E-state index is 2.39. The molecule has 1 aliphatic rings. The molecule has 0 atom stereocenters. The van der Waals surface area contributed by atoms with Gasteiger partial charge in [0.25, 0.3) is 0 Å². The van der Waals surface area contributed by atoms with Crippen molar-refractivity contribution >= 4 is 0 Å². The lowest BCUT2D eigenvalue weighted by atomic mass is 9.62. The van der Waals surface area contributed by atoms with Crippen LogP contribution in [0.25, 0.3) is 0 Å². The van der Waals surface area contributed by atoms with Crippen LogP contribution < -0.4 is 0 Å². The molecule has 0 saturated carbocycles. The van der Waals surface area contributed by atoms with Crippen LogP contribution in [-0.2, 0) is 0 Å². The Balaban J connectivity index is 3.24. The molecule has 0 fully saturated rings. The average molecular weight is 220 g/mol. The Hall–Kier alpha value is -0.520. The first-order chi connectivity index (χ1) is 6.98. The Bertz CT molecular complexity index is 324. The molecule has 0 N–H and O–H groups in total. The van der Waals surface area contributed by atoms with Crippen molar-refractivity contribution in [1.82, 2.24) is 0 Å². The van der Waals surface area contributed by atoms with Gasteiger partial charge in [-0.05, 0) is 28.2 Å². The highest BCUT2D eigenvalue weighted by Gasteiger charge is 2.39. The first-order valence-electron chi connectivity index (χ1n) is 6.38. The second kappa shape index (κ2) is 3.75. The van der Waals surface area contributed by atoms with E-state index in [-0.39, 0.29) is 10.8 Å². The Morgan fingerprint density at radius 2 is 1.38 bits per heavy atom. The van der Waals surface area contributed by atoms with Crippen molar-refractivity contribution in [3.05, 3.63) is 23.3 Å². The van der Waals surface area contributed by atoms with Crippen LogP contribution >= 0.6 is 0 Å². The summed E-state index contributed by atoms with van der Waals surface area (Å²) in [6, 6.07) is 0. The number of hydrogen-bond donors (Lipinski definition) is 0. The van der Waals surface area contributed by atoms with E-state index < -0.39 is 0 Å². The van der Waals surface area contributed by atoms with Crippen molar-refractivity contribution in [1.29, 1.82) is 0 Å². The van der Waals surface area contributed by atoms with Gasteiger partial charge in [-0.25, -0.2) is 0 Å². The molecule has 0 bridgehead atoms. The van der Waals surface area contributed by atoms with E-state index in [1.165, 1.54) is 0 Å². The zero-order chi connectivity index (χ0) is 12.8. The van der Waals surface area contributed by atoms with Gasteiger partial charge in [-0.15, -0.1) is 0 Å². The quantitative estimate of drug-likeness (QED) is 0.558. The Labute approximate surface area is 102 Å². The van der Waals surface area contributed by atoms with Crippen LogP contribution in [0.1, 0.15) is 61.8 Å². The second-order valence-electron chi connectivity index (χ2n) is 7.62. The molecule has 0 aromatic heterocycles. The van der Waals surface area contributed by atoms with E-state index in [0.29, 0.717) is 5.41 Å². The Morgan fingerprint density at radius 3 is 1.75 bits per heavy atom. The summed E-state index contributed by atoms with van der Waals surface area (Å²) in [5.41, 5.74) is 4.02. The van der Waals surface area contributed by atoms with Crippen LogP contribution in [0.2, 0.25) is 0 Å². The largest absolute Gasteiger partial charge is 0.0801 e. The van der Waals surface area contributed by atoms with Crippen molar-refractivity contribution in [2.24, 2.45) is 16.2 Å². The molecular weight excluding hydrogens is 192 g/mol. The summed E-state index contributed by atoms with van der Waals surface area (Å²) < 4.78 is 0. The molecule has 0 radical (unpaired) electrons. The molecule has 92 valence electrons. The van der Waals surface area contributed by atoms with E-state index in [1.54, 1.807) is 11.1 Å². The zero-order valence-electron chi connectivity index (χ0n) is 12.4. The third kappa shape index (κ3) is 2.26. The fraction of sp³-hybridized carbons (Fsp3) is 0.750. The standard InChI is InChI=1S/C16H28/c1-14(2,3)12-10-9-11-13(12)16(7,8)15(4,5)6/h9-10H,11H2,1-8H3. The highest BCUT2D eigenvalue weighted by atomic mass is 14.4. The highest BCUT2D eigenvalue weighted by Crippen LogP contribution is 2.50. The van der Waals surface area contributed by atoms with Crippen LogP contribution in [0, 0.1) is 16.2 Å². The molecule has 0 unspecified atom stereocenters. The van der Waals surface area contributed by atoms with Gasteiger partial charge in [0.05, 0.1) is 0 Å². The van der Waals surface area contributed by atoms with E-state index >= 15 is 0 Å². The molecule has 0 amide bonds. The van der Waals surface area contributed by atoms with Gasteiger partial charge in [-0.2, -0.15) is 0 Å². The van der Waals surface area contributed by atoms with Gasteiger partial charge in [0.1, 0.15) is 0 Å². The molecule has 0 aromatic carbocycles. The average Bonchev–Trinajstić information content (AvgIpc) is 2.47. The zero-order valence-corrected chi connectivity index (χ0v) is 12.4. The SMILES string of the molecule is CC(C)(C)C1=C(C(C)(C)C(C)(C)C)CC=C1. The number of rotatable bonds is 1. The van der Waals surface area contributed by atoms with Gasteiger partial charge >= 0.3 is 0 Å². The summed E-state index contributed by atoms with van der Waals surface area (Å²) in [6.07, 6.45) is 5.79. The van der Waals surface area contributed by atoms with Crippen LogP contribution in [0.15, 0.2) is 23.3 Å². The fourth-order valence-electron chi connectivity index (χ4n) is 2.25. The molecule has 16 heavy (non-hydrogen) atoms. The lowest BCUT2D eigenvalue weighted by Crippen LogP contribution is -2.32. The summed E-state index contributed by atoms with van der Waals surface area (Å²) in [7, 11) is 0. The lowest BCUT2D eigenvalue weighted by Gasteiger charge is -2.42. The van der Waals surface area contributed by atoms with Gasteiger partial charge in [0.2, 0.25) is 0 Å². The first-order valence-corrected chi connectivity index (χ1v) is 6.38. The Kier molecular flexibility index (Phi) is 3.18. The number of hydrogen-bond acceptors (Lipinski definition) is 0. The fourth-order valence-corrected chi connectivity index (χ4v) is 2.25. The topological polar surface area (TPSA) is 0 Å². The molecule has 1 aliphatic carbocycles. The maximum Gasteiger partial charge on any atom is -0.00870 e. The third-order valence-electron chi connectivity index (χ3n) is 4.37. The lowest BCUT2D eigenvalue weighted by molar-refractivity contribution is 0.172. The molecule has 0 heterocycles. The Morgan fingerprint density at radius 1 is 0.875 bits per heavy atom. The first kappa shape index (κ1) is 13.5. The molecule has 0 spiro atoms. The van der Waals surface area contributed by atoms with Crippen LogP contribution in [0.4, 0.5) is 0 Å². The van der Waals surface area contributed by atoms with E-state index in [1.807, 2.05) is 0 Å². The van der Waals surface area contributed by atoms with E-state index in [9.17, 15) is 0 Å². The summed E-state index contributed by atoms with van der Waals surface area (Å²) in [4.78, 5) is 0. The smallest absolute Gasteiger partial charge is 0.00870 e. The molecule has 0 heteroatoms. The molecule has 0 aromatic rings. The van der Waals surface area contributed by atoms with E-state index in [4.69, 9.17) is 0 Å². The summed E-state index contributed by atoms with van der Waals surface area (Å²) in [5, 5.41) is 0. The highest BCUT2D eigenvalue weighted by molar-refractivity contribution is 5.41. The van der Waals surface area contributed by atoms with Crippen molar-refractivity contribution in [3.63, 3.8) is 0 Å². The van der Waals surface area contributed by atoms with Gasteiger partial charge in [-0.3, -0.25) is 0 Å². The van der Waals surface area contributed by atoms with Gasteiger partial charge in [0.15, 0.2) is 0 Å². The van der Waals surface area contributed by atoms with Gasteiger partial charge < -0.3 is 0 Å². The summed E-state index contributed by atoms with van der Waals surface area (Å²) in [5.74, 6) is 0. The molecule has 0 aliphatic heterocycles. The summed E-state index contributed by atoms with van der Waals surface area (Å²) >= 11 is 0.